The summed E-state index contributed by atoms with van der Waals surface area (Å²) in [6, 6.07) is 0. The van der Waals surface area contributed by atoms with Crippen LogP contribution in [0.25, 0.3) is 0 Å². The van der Waals surface area contributed by atoms with E-state index >= 15 is 0 Å². The molecule has 1 radical (unpaired) electrons. The Bertz CT molecular complexity index is 94.9. The van der Waals surface area contributed by atoms with Gasteiger partial charge in [0, 0.05) is 10.4 Å². The van der Waals surface area contributed by atoms with Crippen molar-refractivity contribution in [3.05, 3.63) is 0 Å². The molecular weight excluding hydrogens is 179 g/mol. The fourth-order valence-corrected chi connectivity index (χ4v) is 0. The zero-order chi connectivity index (χ0) is 4.50. The van der Waals surface area contributed by atoms with Crippen LogP contribution in [0.5, 0.6) is 0 Å². The van der Waals surface area contributed by atoms with Crippen LogP contribution in [0.1, 0.15) is 0 Å². The summed E-state index contributed by atoms with van der Waals surface area (Å²) in [6.07, 6.45) is 0. The first-order valence-electron chi connectivity index (χ1n) is 0.667. The molecule has 0 saturated carbocycles. The van der Waals surface area contributed by atoms with Gasteiger partial charge in [0.05, 0.1) is 0 Å². The van der Waals surface area contributed by atoms with E-state index in [9.17, 15) is 0 Å². The Kier molecular flexibility index (Phi) is 11.3. The maximum absolute atomic E-state index is 8.52. The minimum absolute atomic E-state index is 0. The zero-order valence-corrected chi connectivity index (χ0v) is 6.05. The van der Waals surface area contributed by atoms with Crippen LogP contribution in [0, 0.1) is 0 Å². The van der Waals surface area contributed by atoms with Gasteiger partial charge in [0.2, 0.25) is 0 Å². The second-order valence-electron chi connectivity index (χ2n) is 0.408. The van der Waals surface area contributed by atoms with Gasteiger partial charge in [0.15, 0.2) is 0 Å². The molecule has 0 fully saturated rings. The average Bonchev–Trinajstić information content (AvgIpc) is 0.722. The van der Waals surface area contributed by atoms with Crippen molar-refractivity contribution in [1.82, 2.24) is 0 Å². The van der Waals surface area contributed by atoms with Crippen LogP contribution in [-0.4, -0.2) is 34.9 Å². The molecule has 0 saturated heterocycles. The van der Waals surface area contributed by atoms with Gasteiger partial charge < -0.3 is 9.11 Å². The van der Waals surface area contributed by atoms with E-state index in [2.05, 4.69) is 0 Å². The molecule has 0 aromatic heterocycles. The van der Waals surface area contributed by atoms with E-state index in [1.165, 1.54) is 0 Å². The predicted octanol–water partition coefficient (Wildman–Crippen LogP) is -1.72. The molecule has 4 nitrogen and oxygen atoms in total. The van der Waals surface area contributed by atoms with Crippen LogP contribution >= 0.6 is 0 Å². The van der Waals surface area contributed by atoms with E-state index in [-0.39, 0.29) is 34.4 Å². The van der Waals surface area contributed by atoms with Gasteiger partial charge in [-0.2, -0.15) is 0 Å². The smallest absolute Gasteiger partial charge is 0.759 e. The van der Waals surface area contributed by atoms with Gasteiger partial charge in [-0.25, -0.2) is 0 Å². The first-order valence-corrected chi connectivity index (χ1v) is 2.00. The molecule has 0 bridgehead atoms. The van der Waals surface area contributed by atoms with Crippen molar-refractivity contribution in [1.29, 1.82) is 0 Å². The van der Waals surface area contributed by atoms with E-state index in [1.807, 2.05) is 0 Å². The fourth-order valence-electron chi connectivity index (χ4n) is 0. The molecular formula is AlFeO4S+4. The van der Waals surface area contributed by atoms with E-state index in [4.69, 9.17) is 17.5 Å². The minimum atomic E-state index is -5.17. The molecule has 0 aliphatic rings. The quantitative estimate of drug-likeness (QED) is 0.251. The number of rotatable bonds is 0. The SMILES string of the molecule is O=S(=O)([O-])[O-].[Al+3].[Fe+3]. The van der Waals surface area contributed by atoms with Crippen molar-refractivity contribution in [2.45, 2.75) is 0 Å². The molecule has 0 atom stereocenters. The second-order valence-corrected chi connectivity index (χ2v) is 1.22. The Hall–Kier alpha value is 0.922. The molecule has 0 aromatic carbocycles. The van der Waals surface area contributed by atoms with Crippen LogP contribution in [0.3, 0.4) is 0 Å². The predicted molar refractivity (Wildman–Crippen MR) is 16.2 cm³/mol. The Morgan fingerprint density at radius 1 is 1.14 bits per heavy atom. The first-order chi connectivity index (χ1) is 2.00. The van der Waals surface area contributed by atoms with Crippen LogP contribution < -0.4 is 0 Å². The summed E-state index contributed by atoms with van der Waals surface area (Å²) in [7, 11) is -5.17. The summed E-state index contributed by atoms with van der Waals surface area (Å²) in [5, 5.41) is 0. The molecule has 0 aliphatic heterocycles. The topological polar surface area (TPSA) is 80.3 Å². The molecule has 0 rings (SSSR count). The van der Waals surface area contributed by atoms with Gasteiger partial charge in [-0.3, -0.25) is 8.42 Å². The van der Waals surface area contributed by atoms with Crippen molar-refractivity contribution in [2.24, 2.45) is 0 Å². The standard InChI is InChI=1S/Al.Fe.H2O4S/c;;1-5(2,3)4/h;;(H2,1,2,3,4)/q2*+3;/p-2. The summed E-state index contributed by atoms with van der Waals surface area (Å²) in [5.74, 6) is 0. The van der Waals surface area contributed by atoms with Crippen molar-refractivity contribution >= 4 is 27.8 Å². The molecule has 0 unspecified atom stereocenters. The van der Waals surface area contributed by atoms with Gasteiger partial charge in [-0.1, -0.05) is 0 Å². The van der Waals surface area contributed by atoms with Gasteiger partial charge in [-0.05, 0) is 0 Å². The van der Waals surface area contributed by atoms with Crippen molar-refractivity contribution in [3.8, 4) is 0 Å². The molecule has 0 spiro atoms. The molecule has 7 heavy (non-hydrogen) atoms. The molecule has 0 N–H and O–H groups in total. The summed E-state index contributed by atoms with van der Waals surface area (Å²) in [5.41, 5.74) is 0. The minimum Gasteiger partial charge on any atom is -0.759 e. The Morgan fingerprint density at radius 2 is 1.14 bits per heavy atom. The van der Waals surface area contributed by atoms with E-state index in [0.29, 0.717) is 0 Å². The summed E-state index contributed by atoms with van der Waals surface area (Å²) in [4.78, 5) is 0. The summed E-state index contributed by atoms with van der Waals surface area (Å²) in [6.45, 7) is 0. The van der Waals surface area contributed by atoms with Crippen LogP contribution in [0.4, 0.5) is 0 Å². The molecule has 0 aliphatic carbocycles. The van der Waals surface area contributed by atoms with Crippen molar-refractivity contribution < 1.29 is 34.6 Å². The third-order valence-electron chi connectivity index (χ3n) is 0. The van der Waals surface area contributed by atoms with Crippen molar-refractivity contribution in [2.75, 3.05) is 0 Å². The van der Waals surface area contributed by atoms with Crippen LogP contribution in [0.2, 0.25) is 0 Å². The first kappa shape index (κ1) is 15.7. The number of hydrogen-bond acceptors (Lipinski definition) is 4. The third kappa shape index (κ3) is 197. The maximum Gasteiger partial charge on any atom is 3.00 e. The molecule has 0 heterocycles. The number of hydrogen-bond donors (Lipinski definition) is 0. The van der Waals surface area contributed by atoms with Gasteiger partial charge in [0.25, 0.3) is 0 Å². The Labute approximate surface area is 62.5 Å². The van der Waals surface area contributed by atoms with Crippen molar-refractivity contribution in [3.63, 3.8) is 0 Å². The molecule has 0 aromatic rings. The third-order valence-corrected chi connectivity index (χ3v) is 0. The monoisotopic (exact) mass is 179 g/mol. The van der Waals surface area contributed by atoms with E-state index in [0.717, 1.165) is 0 Å². The van der Waals surface area contributed by atoms with Crippen LogP contribution in [0.15, 0.2) is 0 Å². The molecule has 7 heteroatoms. The Balaban J connectivity index is -0.0000000800. The normalized spacial score (nSPS) is 8.29. The second kappa shape index (κ2) is 5.07. The maximum atomic E-state index is 8.52. The van der Waals surface area contributed by atoms with Crippen LogP contribution in [-0.2, 0) is 27.5 Å². The summed E-state index contributed by atoms with van der Waals surface area (Å²) >= 11 is 0. The summed E-state index contributed by atoms with van der Waals surface area (Å²) < 4.78 is 34.1. The molecule has 0 amide bonds. The molecule has 37 valence electrons. The van der Waals surface area contributed by atoms with E-state index in [1.54, 1.807) is 0 Å². The average molecular weight is 179 g/mol. The fraction of sp³-hybridized carbons (Fsp3) is 0. The van der Waals surface area contributed by atoms with Gasteiger partial charge in [-0.15, -0.1) is 0 Å². The largest absolute Gasteiger partial charge is 3.00 e. The Morgan fingerprint density at radius 3 is 1.14 bits per heavy atom. The van der Waals surface area contributed by atoms with Gasteiger partial charge in [0.1, 0.15) is 0 Å². The zero-order valence-electron chi connectivity index (χ0n) is 2.97. The van der Waals surface area contributed by atoms with Gasteiger partial charge >= 0.3 is 34.4 Å². The van der Waals surface area contributed by atoms with E-state index < -0.39 is 10.4 Å².